The van der Waals surface area contributed by atoms with Crippen LogP contribution in [0.5, 0.6) is 11.5 Å². The molecule has 8 nitrogen and oxygen atoms in total. The molecule has 10 heteroatoms. The van der Waals surface area contributed by atoms with Crippen molar-refractivity contribution in [2.24, 2.45) is 0 Å². The highest BCUT2D eigenvalue weighted by atomic mass is 35.5. The van der Waals surface area contributed by atoms with Crippen molar-refractivity contribution in [2.45, 2.75) is 13.0 Å². The van der Waals surface area contributed by atoms with E-state index in [9.17, 15) is 0 Å². The maximum atomic E-state index is 6.11. The number of nitrogens with zero attached hydrogens (tertiary/aromatic N) is 3. The van der Waals surface area contributed by atoms with E-state index in [2.05, 4.69) is 10.5 Å². The summed E-state index contributed by atoms with van der Waals surface area (Å²) >= 11 is 11.8. The van der Waals surface area contributed by atoms with E-state index in [-0.39, 0.29) is 12.8 Å². The van der Waals surface area contributed by atoms with E-state index in [1.54, 1.807) is 7.11 Å². The van der Waals surface area contributed by atoms with Gasteiger partial charge in [0.1, 0.15) is 0 Å². The minimum atomic E-state index is -0.279. The fourth-order valence-electron chi connectivity index (χ4n) is 3.90. The molecule has 170 valence electrons. The maximum Gasteiger partial charge on any atom is 0.258 e. The number of nitrogens with one attached hydrogen (secondary N) is 1. The molecule has 0 bridgehead atoms. The molecule has 5 rings (SSSR count). The van der Waals surface area contributed by atoms with Crippen LogP contribution < -0.4 is 14.8 Å². The van der Waals surface area contributed by atoms with Gasteiger partial charge in [0.05, 0.1) is 18.2 Å². The minimum absolute atomic E-state index is 0.202. The van der Waals surface area contributed by atoms with Gasteiger partial charge in [-0.3, -0.25) is 0 Å². The number of aromatic nitrogens is 2. The number of ether oxygens (including phenoxy) is 3. The van der Waals surface area contributed by atoms with Crippen molar-refractivity contribution in [2.75, 3.05) is 27.1 Å². The predicted molar refractivity (Wildman–Crippen MR) is 127 cm³/mol. The van der Waals surface area contributed by atoms with Crippen molar-refractivity contribution in [3.8, 4) is 22.9 Å². The number of halogens is 1. The number of hydrogen-bond donors (Lipinski definition) is 1. The normalized spacial score (nSPS) is 17.5. The molecule has 1 atom stereocenters. The third-order valence-corrected chi connectivity index (χ3v) is 6.20. The number of benzene rings is 2. The van der Waals surface area contributed by atoms with Crippen LogP contribution in [-0.2, 0) is 4.74 Å². The maximum absolute atomic E-state index is 6.11. The Morgan fingerprint density at radius 1 is 1.18 bits per heavy atom. The van der Waals surface area contributed by atoms with Gasteiger partial charge in [0, 0.05) is 29.9 Å². The molecule has 0 amide bonds. The molecule has 1 unspecified atom stereocenters. The summed E-state index contributed by atoms with van der Waals surface area (Å²) in [5.41, 5.74) is 3.49. The smallest absolute Gasteiger partial charge is 0.258 e. The molecule has 0 saturated heterocycles. The molecular weight excluding hydrogens is 464 g/mol. The number of thiocarbonyl (C=S) groups is 1. The zero-order valence-electron chi connectivity index (χ0n) is 18.0. The van der Waals surface area contributed by atoms with Crippen LogP contribution in [-0.4, -0.2) is 47.2 Å². The number of fused-ring (bicyclic) bond motifs is 1. The first-order valence-electron chi connectivity index (χ1n) is 10.3. The van der Waals surface area contributed by atoms with E-state index < -0.39 is 0 Å². The Labute approximate surface area is 201 Å². The van der Waals surface area contributed by atoms with E-state index in [4.69, 9.17) is 47.5 Å². The molecule has 1 aromatic heterocycles. The molecule has 0 fully saturated rings. The first-order valence-corrected chi connectivity index (χ1v) is 11.1. The van der Waals surface area contributed by atoms with Crippen LogP contribution in [0.15, 0.2) is 52.7 Å². The van der Waals surface area contributed by atoms with Crippen molar-refractivity contribution < 1.29 is 18.7 Å². The van der Waals surface area contributed by atoms with Crippen molar-refractivity contribution in [3.63, 3.8) is 0 Å². The van der Waals surface area contributed by atoms with Gasteiger partial charge in [-0.2, -0.15) is 4.98 Å². The lowest BCUT2D eigenvalue weighted by molar-refractivity contribution is 0.174. The first-order chi connectivity index (χ1) is 16.0. The summed E-state index contributed by atoms with van der Waals surface area (Å²) in [6.45, 7) is 3.30. The van der Waals surface area contributed by atoms with Gasteiger partial charge in [0.2, 0.25) is 12.6 Å². The average Bonchev–Trinajstić information content (AvgIpc) is 3.48. The molecule has 2 aliphatic heterocycles. The summed E-state index contributed by atoms with van der Waals surface area (Å²) in [6, 6.07) is 12.9. The second-order valence-electron chi connectivity index (χ2n) is 7.57. The third-order valence-electron chi connectivity index (χ3n) is 5.61. The SMILES string of the molecule is COCCN1C(=S)NC(c2ccc(Cl)cc2)C(c2nc(-c3ccc4c(c3)OCO4)no2)=C1C. The lowest BCUT2D eigenvalue weighted by Gasteiger charge is -2.37. The highest BCUT2D eigenvalue weighted by molar-refractivity contribution is 7.80. The van der Waals surface area contributed by atoms with Gasteiger partial charge < -0.3 is 29.0 Å². The average molecular weight is 485 g/mol. The quantitative estimate of drug-likeness (QED) is 0.511. The molecule has 0 aliphatic carbocycles. The van der Waals surface area contributed by atoms with Crippen molar-refractivity contribution in [3.05, 3.63) is 64.6 Å². The number of methoxy groups -OCH3 is 1. The largest absolute Gasteiger partial charge is 0.454 e. The number of rotatable bonds is 6. The van der Waals surface area contributed by atoms with E-state index in [1.807, 2.05) is 54.3 Å². The Hall–Kier alpha value is -3.14. The third kappa shape index (κ3) is 4.15. The van der Waals surface area contributed by atoms with Crippen LogP contribution in [0.1, 0.15) is 24.4 Å². The summed E-state index contributed by atoms with van der Waals surface area (Å²) in [5, 5.41) is 8.90. The Morgan fingerprint density at radius 2 is 1.97 bits per heavy atom. The van der Waals surface area contributed by atoms with E-state index >= 15 is 0 Å². The molecule has 33 heavy (non-hydrogen) atoms. The molecular formula is C23H21ClN4O4S. The van der Waals surface area contributed by atoms with E-state index in [0.29, 0.717) is 46.5 Å². The molecule has 0 radical (unpaired) electrons. The van der Waals surface area contributed by atoms with Gasteiger partial charge in [-0.25, -0.2) is 0 Å². The Balaban J connectivity index is 1.56. The summed E-state index contributed by atoms with van der Waals surface area (Å²) < 4.78 is 21.9. The molecule has 1 N–H and O–H groups in total. The first kappa shape index (κ1) is 21.7. The fourth-order valence-corrected chi connectivity index (χ4v) is 4.37. The van der Waals surface area contributed by atoms with Crippen molar-refractivity contribution in [1.82, 2.24) is 20.4 Å². The highest BCUT2D eigenvalue weighted by Crippen LogP contribution is 2.39. The van der Waals surface area contributed by atoms with Crippen LogP contribution in [0.25, 0.3) is 17.0 Å². The molecule has 2 aliphatic rings. The van der Waals surface area contributed by atoms with Gasteiger partial charge in [0.15, 0.2) is 16.6 Å². The van der Waals surface area contributed by atoms with Gasteiger partial charge in [-0.1, -0.05) is 28.9 Å². The molecule has 2 aromatic carbocycles. The summed E-state index contributed by atoms with van der Waals surface area (Å²) in [5.74, 6) is 2.21. The molecule has 3 heterocycles. The van der Waals surface area contributed by atoms with Gasteiger partial charge >= 0.3 is 0 Å². The molecule has 3 aromatic rings. The minimum Gasteiger partial charge on any atom is -0.454 e. The second kappa shape index (κ2) is 9.01. The van der Waals surface area contributed by atoms with Gasteiger partial charge in [0.25, 0.3) is 5.89 Å². The lowest BCUT2D eigenvalue weighted by atomic mass is 9.95. The summed E-state index contributed by atoms with van der Waals surface area (Å²) in [4.78, 5) is 6.69. The molecule has 0 spiro atoms. The fraction of sp³-hybridized carbons (Fsp3) is 0.261. The summed E-state index contributed by atoms with van der Waals surface area (Å²) in [6.07, 6.45) is 0. The van der Waals surface area contributed by atoms with Crippen LogP contribution in [0, 0.1) is 0 Å². The van der Waals surface area contributed by atoms with Crippen molar-refractivity contribution >= 4 is 34.5 Å². The zero-order chi connectivity index (χ0) is 22.9. The molecule has 0 saturated carbocycles. The van der Waals surface area contributed by atoms with E-state index in [1.165, 1.54) is 0 Å². The standard InChI is InChI=1S/C23H21ClN4O4S/c1-13-19(22-26-21(27-32-22)15-5-8-17-18(11-15)31-12-30-17)20(14-3-6-16(24)7-4-14)25-23(33)28(13)9-10-29-2/h3-8,11,20H,9-10,12H2,1-2H3,(H,25,33). The Kier molecular flexibility index (Phi) is 5.92. The van der Waals surface area contributed by atoms with Crippen LogP contribution in [0.4, 0.5) is 0 Å². The number of hydrogen-bond acceptors (Lipinski definition) is 7. The van der Waals surface area contributed by atoms with Crippen LogP contribution in [0.3, 0.4) is 0 Å². The zero-order valence-corrected chi connectivity index (χ0v) is 19.6. The Bertz CT molecular complexity index is 1230. The van der Waals surface area contributed by atoms with Crippen LogP contribution in [0.2, 0.25) is 5.02 Å². The topological polar surface area (TPSA) is 81.9 Å². The highest BCUT2D eigenvalue weighted by Gasteiger charge is 2.34. The summed E-state index contributed by atoms with van der Waals surface area (Å²) in [7, 11) is 1.66. The van der Waals surface area contributed by atoms with Crippen molar-refractivity contribution in [1.29, 1.82) is 0 Å². The second-order valence-corrected chi connectivity index (χ2v) is 8.39. The van der Waals surface area contributed by atoms with Gasteiger partial charge in [-0.15, -0.1) is 0 Å². The van der Waals surface area contributed by atoms with E-state index in [0.717, 1.165) is 22.4 Å². The van der Waals surface area contributed by atoms with Crippen LogP contribution >= 0.6 is 23.8 Å². The monoisotopic (exact) mass is 484 g/mol. The Morgan fingerprint density at radius 3 is 2.76 bits per heavy atom. The van der Waals surface area contributed by atoms with Gasteiger partial charge in [-0.05, 0) is 55.0 Å². The predicted octanol–water partition coefficient (Wildman–Crippen LogP) is 4.43. The lowest BCUT2D eigenvalue weighted by Crippen LogP contribution is -2.47. The number of allylic oxidation sites excluding steroid dienone is 1.